The molecule has 36 heavy (non-hydrogen) atoms. The lowest BCUT2D eigenvalue weighted by atomic mass is 9.95. The number of aliphatic imine (C=N–C) groups is 1. The molecule has 2 atom stereocenters. The highest BCUT2D eigenvalue weighted by atomic mass is 32.1. The Hall–Kier alpha value is -3.78. The Labute approximate surface area is 214 Å². The molecule has 1 unspecified atom stereocenters. The maximum Gasteiger partial charge on any atom is 0.309 e. The smallest absolute Gasteiger partial charge is 0.309 e. The van der Waals surface area contributed by atoms with Gasteiger partial charge in [0.15, 0.2) is 5.82 Å². The number of benzene rings is 2. The molecule has 2 aromatic heterocycles. The molecular weight excluding hydrogens is 470 g/mol. The number of aliphatic carboxylic acids is 1. The van der Waals surface area contributed by atoms with Gasteiger partial charge in [0.25, 0.3) is 0 Å². The molecule has 184 valence electrons. The Morgan fingerprint density at radius 3 is 2.47 bits per heavy atom. The van der Waals surface area contributed by atoms with E-state index in [-0.39, 0.29) is 0 Å². The van der Waals surface area contributed by atoms with Gasteiger partial charge in [-0.05, 0) is 50.5 Å². The van der Waals surface area contributed by atoms with Crippen LogP contribution < -0.4 is 5.32 Å². The Morgan fingerprint density at radius 2 is 1.81 bits per heavy atom. The van der Waals surface area contributed by atoms with Crippen LogP contribution in [0.3, 0.4) is 0 Å². The van der Waals surface area contributed by atoms with Gasteiger partial charge in [0.2, 0.25) is 0 Å². The van der Waals surface area contributed by atoms with Crippen LogP contribution in [0.1, 0.15) is 58.2 Å². The largest absolute Gasteiger partial charge is 0.481 e. The van der Waals surface area contributed by atoms with E-state index < -0.39 is 17.9 Å². The van der Waals surface area contributed by atoms with Crippen LogP contribution >= 0.6 is 11.3 Å². The molecule has 0 saturated heterocycles. The summed E-state index contributed by atoms with van der Waals surface area (Å²) in [7, 11) is 0. The molecule has 4 aromatic rings. The molecular formula is C28H29N5O2S. The topological polar surface area (TPSA) is 92.4 Å². The van der Waals surface area contributed by atoms with Gasteiger partial charge in [0.05, 0.1) is 11.6 Å². The van der Waals surface area contributed by atoms with Gasteiger partial charge < -0.3 is 10.4 Å². The van der Waals surface area contributed by atoms with Crippen LogP contribution in [-0.2, 0) is 11.3 Å². The lowest BCUT2D eigenvalue weighted by molar-refractivity contribution is -0.142. The van der Waals surface area contributed by atoms with E-state index in [1.165, 1.54) is 10.4 Å². The van der Waals surface area contributed by atoms with E-state index in [1.807, 2.05) is 36.6 Å². The molecule has 2 aromatic carbocycles. The van der Waals surface area contributed by atoms with Gasteiger partial charge in [-0.1, -0.05) is 49.4 Å². The van der Waals surface area contributed by atoms with Crippen molar-refractivity contribution in [3.8, 4) is 5.00 Å². The maximum atomic E-state index is 12.2. The van der Waals surface area contributed by atoms with Crippen molar-refractivity contribution in [1.82, 2.24) is 14.8 Å². The first-order valence-electron chi connectivity index (χ1n) is 12.1. The number of hydrogen-bond donors (Lipinski definition) is 2. The summed E-state index contributed by atoms with van der Waals surface area (Å²) in [5, 5.41) is 23.2. The van der Waals surface area contributed by atoms with Crippen molar-refractivity contribution in [3.63, 3.8) is 0 Å². The van der Waals surface area contributed by atoms with Gasteiger partial charge in [-0.2, -0.15) is 0 Å². The molecule has 0 fully saturated rings. The molecule has 0 aliphatic carbocycles. The van der Waals surface area contributed by atoms with Gasteiger partial charge in [-0.25, -0.2) is 0 Å². The number of hydrogen-bond acceptors (Lipinski definition) is 6. The second-order valence-electron chi connectivity index (χ2n) is 9.10. The highest BCUT2D eigenvalue weighted by Gasteiger charge is 2.37. The quantitative estimate of drug-likeness (QED) is 0.332. The molecule has 0 radical (unpaired) electrons. The van der Waals surface area contributed by atoms with Crippen molar-refractivity contribution in [2.24, 2.45) is 10.9 Å². The minimum atomic E-state index is -0.878. The van der Waals surface area contributed by atoms with E-state index in [9.17, 15) is 9.90 Å². The van der Waals surface area contributed by atoms with Crippen LogP contribution in [-0.4, -0.2) is 31.6 Å². The maximum absolute atomic E-state index is 12.2. The van der Waals surface area contributed by atoms with Crippen molar-refractivity contribution in [2.45, 2.75) is 46.7 Å². The number of fused-ring (bicyclic) bond motifs is 3. The van der Waals surface area contributed by atoms with Crippen LogP contribution in [0.5, 0.6) is 0 Å². The summed E-state index contributed by atoms with van der Waals surface area (Å²) in [5.74, 6) is -0.268. The fourth-order valence-electron chi connectivity index (χ4n) is 4.70. The number of carboxylic acid groups (broad SMARTS) is 1. The zero-order valence-electron chi connectivity index (χ0n) is 20.8. The number of aromatic nitrogens is 3. The van der Waals surface area contributed by atoms with E-state index in [4.69, 9.17) is 4.99 Å². The Morgan fingerprint density at radius 1 is 1.08 bits per heavy atom. The summed E-state index contributed by atoms with van der Waals surface area (Å²) in [4.78, 5) is 18.6. The summed E-state index contributed by atoms with van der Waals surface area (Å²) in [5.41, 5.74) is 6.14. The van der Waals surface area contributed by atoms with Crippen molar-refractivity contribution < 1.29 is 9.90 Å². The fraction of sp³-hybridized carbons (Fsp3) is 0.286. The van der Waals surface area contributed by atoms with Crippen LogP contribution in [0.15, 0.2) is 59.6 Å². The first-order chi connectivity index (χ1) is 17.4. The van der Waals surface area contributed by atoms with E-state index >= 15 is 0 Å². The minimum absolute atomic E-state index is 0.441. The van der Waals surface area contributed by atoms with Crippen LogP contribution in [0.4, 0.5) is 5.69 Å². The molecule has 0 amide bonds. The third kappa shape index (κ3) is 4.22. The molecule has 0 spiro atoms. The Bertz CT molecular complexity index is 1440. The fourth-order valence-corrected chi connectivity index (χ4v) is 5.91. The lowest BCUT2D eigenvalue weighted by Gasteiger charge is -2.19. The molecule has 7 nitrogen and oxygen atoms in total. The van der Waals surface area contributed by atoms with Crippen LogP contribution in [0, 0.1) is 26.7 Å². The highest BCUT2D eigenvalue weighted by Crippen LogP contribution is 2.41. The highest BCUT2D eigenvalue weighted by molar-refractivity contribution is 7.15. The third-order valence-electron chi connectivity index (χ3n) is 6.83. The molecule has 5 rings (SSSR count). The van der Waals surface area contributed by atoms with Gasteiger partial charge in [0.1, 0.15) is 16.9 Å². The lowest BCUT2D eigenvalue weighted by Crippen LogP contribution is -2.23. The summed E-state index contributed by atoms with van der Waals surface area (Å²) in [6, 6.07) is 17.8. The van der Waals surface area contributed by atoms with Gasteiger partial charge in [-0.15, -0.1) is 21.5 Å². The molecule has 0 saturated carbocycles. The number of nitrogens with zero attached hydrogens (tertiary/aromatic N) is 4. The molecule has 0 bridgehead atoms. The molecule has 1 aliphatic rings. The SMILES string of the molecule is CC[C@H](C(=O)O)C1N=C(c2ccc(NCc3ccccc3)cc2)c2c(sc(C)c2C)-n2c(C)nnc21. The number of carboxylic acids is 1. The van der Waals surface area contributed by atoms with E-state index in [2.05, 4.69) is 65.8 Å². The Kier molecular flexibility index (Phi) is 6.45. The Balaban J connectivity index is 1.60. The van der Waals surface area contributed by atoms with Crippen molar-refractivity contribution in [3.05, 3.63) is 93.4 Å². The average molecular weight is 500 g/mol. The van der Waals surface area contributed by atoms with Crippen molar-refractivity contribution >= 4 is 28.7 Å². The predicted molar refractivity (Wildman–Crippen MR) is 143 cm³/mol. The van der Waals surface area contributed by atoms with Gasteiger partial charge >= 0.3 is 5.97 Å². The molecule has 3 heterocycles. The standard InChI is InChI=1S/C28H29N5O2S/c1-5-22(28(34)35)25-26-32-31-18(4)33(26)27-23(16(2)17(3)36-27)24(30-25)20-11-13-21(14-12-20)29-15-19-9-7-6-8-10-19/h6-14,22,25,29H,5,15H2,1-4H3,(H,34,35)/t22-,25?/m0/s1. The monoisotopic (exact) mass is 499 g/mol. The number of thiophene rings is 1. The second-order valence-corrected chi connectivity index (χ2v) is 10.3. The second kappa shape index (κ2) is 9.70. The number of rotatable bonds is 7. The number of carbonyl (C=O) groups is 1. The molecule has 1 aliphatic heterocycles. The van der Waals surface area contributed by atoms with E-state index in [0.717, 1.165) is 45.5 Å². The summed E-state index contributed by atoms with van der Waals surface area (Å²) in [6.07, 6.45) is 0.441. The zero-order chi connectivity index (χ0) is 25.4. The minimum Gasteiger partial charge on any atom is -0.481 e. The first-order valence-corrected chi connectivity index (χ1v) is 12.9. The number of aryl methyl sites for hydroxylation is 2. The predicted octanol–water partition coefficient (Wildman–Crippen LogP) is 5.87. The van der Waals surface area contributed by atoms with Crippen LogP contribution in [0.2, 0.25) is 0 Å². The zero-order valence-corrected chi connectivity index (χ0v) is 21.6. The van der Waals surface area contributed by atoms with Crippen LogP contribution in [0.25, 0.3) is 5.00 Å². The van der Waals surface area contributed by atoms with E-state index in [1.54, 1.807) is 11.3 Å². The van der Waals surface area contributed by atoms with Gasteiger partial charge in [0, 0.05) is 28.2 Å². The number of anilines is 1. The summed E-state index contributed by atoms with van der Waals surface area (Å²) < 4.78 is 2.00. The first kappa shape index (κ1) is 23.9. The van der Waals surface area contributed by atoms with Gasteiger partial charge in [-0.3, -0.25) is 14.4 Å². The molecule has 2 N–H and O–H groups in total. The van der Waals surface area contributed by atoms with Crippen molar-refractivity contribution in [1.29, 1.82) is 0 Å². The normalized spacial score (nSPS) is 15.4. The third-order valence-corrected chi connectivity index (χ3v) is 8.02. The summed E-state index contributed by atoms with van der Waals surface area (Å²) >= 11 is 1.67. The molecule has 8 heteroatoms. The number of nitrogens with one attached hydrogen (secondary N) is 1. The average Bonchev–Trinajstić information content (AvgIpc) is 3.35. The summed E-state index contributed by atoms with van der Waals surface area (Å²) in [6.45, 7) is 8.72. The van der Waals surface area contributed by atoms with E-state index in [0.29, 0.717) is 12.2 Å². The van der Waals surface area contributed by atoms with Crippen molar-refractivity contribution in [2.75, 3.05) is 5.32 Å².